The number of hydrogen-bond acceptors (Lipinski definition) is 6. The van der Waals surface area contributed by atoms with Crippen molar-refractivity contribution in [2.75, 3.05) is 5.75 Å². The molecule has 1 unspecified atom stereocenters. The minimum absolute atomic E-state index is 0. The third-order valence-electron chi connectivity index (χ3n) is 3.46. The highest BCUT2D eigenvalue weighted by Gasteiger charge is 2.20. The fraction of sp³-hybridized carbons (Fsp3) is 0.400. The molecule has 0 fully saturated rings. The van der Waals surface area contributed by atoms with Crippen molar-refractivity contribution < 1.29 is 9.21 Å². The standard InChI is InChI=1S/C15H18ClN3O2S.ClH/c1-3-9(2)13(17)14-18-19-15(21-14)22-8-12(20)10-4-6-11(16)7-5-10;/h4-7,9,13H,3,8,17H2,1-2H3;1H/t9?,13-;/m1./s1. The number of carbonyl (C=O) groups excluding carboxylic acids is 1. The van der Waals surface area contributed by atoms with Crippen LogP contribution in [0.25, 0.3) is 0 Å². The van der Waals surface area contributed by atoms with Gasteiger partial charge in [0.2, 0.25) is 5.89 Å². The van der Waals surface area contributed by atoms with Gasteiger partial charge in [0.25, 0.3) is 5.22 Å². The highest BCUT2D eigenvalue weighted by atomic mass is 35.5. The fourth-order valence-corrected chi connectivity index (χ4v) is 2.55. The number of rotatable bonds is 7. The van der Waals surface area contributed by atoms with Crippen molar-refractivity contribution in [1.29, 1.82) is 0 Å². The van der Waals surface area contributed by atoms with E-state index in [1.165, 1.54) is 11.8 Å². The summed E-state index contributed by atoms with van der Waals surface area (Å²) in [5.41, 5.74) is 6.64. The topological polar surface area (TPSA) is 82.0 Å². The van der Waals surface area contributed by atoms with E-state index in [0.717, 1.165) is 6.42 Å². The van der Waals surface area contributed by atoms with Crippen LogP contribution in [0.1, 0.15) is 42.6 Å². The zero-order valence-electron chi connectivity index (χ0n) is 12.9. The molecule has 0 aliphatic rings. The van der Waals surface area contributed by atoms with Crippen LogP contribution in [0.4, 0.5) is 0 Å². The van der Waals surface area contributed by atoms with Gasteiger partial charge in [0, 0.05) is 10.6 Å². The van der Waals surface area contributed by atoms with Crippen LogP contribution in [-0.4, -0.2) is 21.7 Å². The second-order valence-corrected chi connectivity index (χ2v) is 6.40. The number of thioether (sulfide) groups is 1. The molecule has 0 bridgehead atoms. The highest BCUT2D eigenvalue weighted by molar-refractivity contribution is 7.99. The van der Waals surface area contributed by atoms with Crippen molar-refractivity contribution in [2.45, 2.75) is 31.5 Å². The maximum Gasteiger partial charge on any atom is 0.277 e. The minimum atomic E-state index is -0.279. The number of hydrogen-bond donors (Lipinski definition) is 1. The molecule has 23 heavy (non-hydrogen) atoms. The van der Waals surface area contributed by atoms with Gasteiger partial charge < -0.3 is 10.2 Å². The lowest BCUT2D eigenvalue weighted by Gasteiger charge is -2.13. The van der Waals surface area contributed by atoms with Crippen LogP contribution < -0.4 is 5.73 Å². The van der Waals surface area contributed by atoms with Crippen LogP contribution in [0.2, 0.25) is 5.02 Å². The van der Waals surface area contributed by atoms with Gasteiger partial charge in [-0.2, -0.15) is 0 Å². The Hall–Kier alpha value is -1.08. The van der Waals surface area contributed by atoms with E-state index >= 15 is 0 Å². The van der Waals surface area contributed by atoms with E-state index in [9.17, 15) is 4.79 Å². The summed E-state index contributed by atoms with van der Waals surface area (Å²) in [5.74, 6) is 0.874. The molecule has 0 aliphatic heterocycles. The molecule has 2 rings (SSSR count). The predicted molar refractivity (Wildman–Crippen MR) is 94.4 cm³/mol. The lowest BCUT2D eigenvalue weighted by atomic mass is 10.0. The molecule has 5 nitrogen and oxygen atoms in total. The molecule has 8 heteroatoms. The summed E-state index contributed by atoms with van der Waals surface area (Å²) >= 11 is 7.00. The van der Waals surface area contributed by atoms with E-state index in [-0.39, 0.29) is 35.9 Å². The Bertz CT molecular complexity index is 634. The normalized spacial score (nSPS) is 13.2. The van der Waals surface area contributed by atoms with Crippen LogP contribution in [0.15, 0.2) is 33.9 Å². The first-order valence-electron chi connectivity index (χ1n) is 7.01. The molecule has 1 aromatic carbocycles. The van der Waals surface area contributed by atoms with Gasteiger partial charge in [-0.1, -0.05) is 43.6 Å². The van der Waals surface area contributed by atoms with Crippen molar-refractivity contribution in [1.82, 2.24) is 10.2 Å². The second-order valence-electron chi connectivity index (χ2n) is 5.04. The van der Waals surface area contributed by atoms with Gasteiger partial charge in [0.15, 0.2) is 5.78 Å². The summed E-state index contributed by atoms with van der Waals surface area (Å²) in [5, 5.41) is 8.84. The predicted octanol–water partition coefficient (Wildman–Crippen LogP) is 4.17. The summed E-state index contributed by atoms with van der Waals surface area (Å²) in [7, 11) is 0. The average molecular weight is 376 g/mol. The number of aromatic nitrogens is 2. The van der Waals surface area contributed by atoms with Crippen LogP contribution in [0, 0.1) is 5.92 Å². The molecular weight excluding hydrogens is 357 g/mol. The zero-order chi connectivity index (χ0) is 16.1. The largest absolute Gasteiger partial charge is 0.414 e. The van der Waals surface area contributed by atoms with Gasteiger partial charge >= 0.3 is 0 Å². The van der Waals surface area contributed by atoms with Crippen molar-refractivity contribution in [2.24, 2.45) is 11.7 Å². The van der Waals surface area contributed by atoms with Gasteiger partial charge in [-0.15, -0.1) is 22.6 Å². The molecule has 2 N–H and O–H groups in total. The Kier molecular flexibility index (Phi) is 8.05. The van der Waals surface area contributed by atoms with Crippen molar-refractivity contribution in [3.8, 4) is 0 Å². The first-order chi connectivity index (χ1) is 10.5. The number of benzene rings is 1. The zero-order valence-corrected chi connectivity index (χ0v) is 15.2. The summed E-state index contributed by atoms with van der Waals surface area (Å²) in [6.45, 7) is 4.09. The third-order valence-corrected chi connectivity index (χ3v) is 4.53. The van der Waals surface area contributed by atoms with E-state index in [2.05, 4.69) is 17.1 Å². The Morgan fingerprint density at radius 1 is 1.35 bits per heavy atom. The molecule has 0 amide bonds. The third kappa shape index (κ3) is 5.49. The molecule has 0 saturated carbocycles. The minimum Gasteiger partial charge on any atom is -0.414 e. The van der Waals surface area contributed by atoms with E-state index in [1.54, 1.807) is 24.3 Å². The van der Waals surface area contributed by atoms with Crippen LogP contribution in [0.3, 0.4) is 0 Å². The quantitative estimate of drug-likeness (QED) is 0.577. The second kappa shape index (κ2) is 9.27. The summed E-state index contributed by atoms with van der Waals surface area (Å²) in [4.78, 5) is 12.0. The average Bonchev–Trinajstić information content (AvgIpc) is 3.00. The first-order valence-corrected chi connectivity index (χ1v) is 8.38. The molecule has 0 radical (unpaired) electrons. The summed E-state index contributed by atoms with van der Waals surface area (Å²) in [6.07, 6.45) is 0.932. The van der Waals surface area contributed by atoms with Crippen LogP contribution in [-0.2, 0) is 0 Å². The monoisotopic (exact) mass is 375 g/mol. The van der Waals surface area contributed by atoms with E-state index in [0.29, 0.717) is 21.7 Å². The summed E-state index contributed by atoms with van der Waals surface area (Å²) < 4.78 is 5.52. The van der Waals surface area contributed by atoms with Crippen molar-refractivity contribution in [3.05, 3.63) is 40.7 Å². The number of carbonyl (C=O) groups is 1. The first kappa shape index (κ1) is 20.0. The van der Waals surface area contributed by atoms with Gasteiger partial charge in [0.1, 0.15) is 0 Å². The molecule has 126 valence electrons. The number of nitrogens with zero attached hydrogens (tertiary/aromatic N) is 2. The maximum atomic E-state index is 12.0. The number of halogens is 2. The SMILES string of the molecule is CCC(C)[C@@H](N)c1nnc(SCC(=O)c2ccc(Cl)cc2)o1.Cl. The lowest BCUT2D eigenvalue weighted by Crippen LogP contribution is -2.18. The van der Waals surface area contributed by atoms with Crippen LogP contribution in [0.5, 0.6) is 0 Å². The van der Waals surface area contributed by atoms with E-state index < -0.39 is 0 Å². The molecule has 0 aliphatic carbocycles. The number of nitrogens with two attached hydrogens (primary N) is 1. The Labute approximate surface area is 150 Å². The van der Waals surface area contributed by atoms with Gasteiger partial charge in [0.05, 0.1) is 11.8 Å². The molecule has 1 heterocycles. The van der Waals surface area contributed by atoms with E-state index in [1.807, 2.05) is 6.92 Å². The Morgan fingerprint density at radius 3 is 2.61 bits per heavy atom. The number of ketones is 1. The van der Waals surface area contributed by atoms with Crippen LogP contribution >= 0.6 is 35.8 Å². The summed E-state index contributed by atoms with van der Waals surface area (Å²) in [6, 6.07) is 6.50. The number of Topliss-reactive ketones (excluding diaryl/α,β-unsaturated/α-hetero) is 1. The molecule has 0 saturated heterocycles. The fourth-order valence-electron chi connectivity index (χ4n) is 1.76. The van der Waals surface area contributed by atoms with Gasteiger partial charge in [-0.25, -0.2) is 0 Å². The maximum absolute atomic E-state index is 12.0. The molecule has 2 aromatic rings. The lowest BCUT2D eigenvalue weighted by molar-refractivity contribution is 0.102. The van der Waals surface area contributed by atoms with Crippen molar-refractivity contribution in [3.63, 3.8) is 0 Å². The van der Waals surface area contributed by atoms with Crippen molar-refractivity contribution >= 4 is 41.6 Å². The molecule has 0 spiro atoms. The highest BCUT2D eigenvalue weighted by Crippen LogP contribution is 2.24. The van der Waals surface area contributed by atoms with Gasteiger partial charge in [-0.05, 0) is 30.2 Å². The van der Waals surface area contributed by atoms with Gasteiger partial charge in [-0.3, -0.25) is 4.79 Å². The Morgan fingerprint density at radius 2 is 2.00 bits per heavy atom. The molecular formula is C15H19Cl2N3O2S. The smallest absolute Gasteiger partial charge is 0.277 e. The van der Waals surface area contributed by atoms with E-state index in [4.69, 9.17) is 21.8 Å². The molecule has 1 aromatic heterocycles. The Balaban J connectivity index is 0.00000264. The molecule has 2 atom stereocenters.